The lowest BCUT2D eigenvalue weighted by Crippen LogP contribution is -2.13. The molecule has 0 bridgehead atoms. The van der Waals surface area contributed by atoms with E-state index in [0.29, 0.717) is 21.3 Å². The highest BCUT2D eigenvalue weighted by Crippen LogP contribution is 2.35. The molecule has 4 rings (SSSR count). The van der Waals surface area contributed by atoms with E-state index >= 15 is 0 Å². The lowest BCUT2D eigenvalue weighted by Gasteiger charge is -2.11. The molecule has 0 saturated carbocycles. The summed E-state index contributed by atoms with van der Waals surface area (Å²) in [4.78, 5) is 4.23. The van der Waals surface area contributed by atoms with Crippen LogP contribution in [0.15, 0.2) is 59.5 Å². The van der Waals surface area contributed by atoms with Crippen LogP contribution in [0.3, 0.4) is 0 Å². The first-order valence-electron chi connectivity index (χ1n) is 8.50. The van der Waals surface area contributed by atoms with Crippen LogP contribution in [0.5, 0.6) is 10.9 Å². The summed E-state index contributed by atoms with van der Waals surface area (Å²) in [5.74, 6) is 0.284. The first-order chi connectivity index (χ1) is 14.7. The number of nitrogens with zero attached hydrogens (tertiary/aromatic N) is 2. The van der Waals surface area contributed by atoms with Crippen LogP contribution in [0.25, 0.3) is 10.2 Å². The number of ether oxygens (including phenoxy) is 1. The van der Waals surface area contributed by atoms with Crippen molar-refractivity contribution in [3.8, 4) is 17.0 Å². The zero-order chi connectivity index (χ0) is 22.2. The molecule has 1 N–H and O–H groups in total. The normalized spacial score (nSPS) is 11.3. The minimum absolute atomic E-state index is 0.00952. The second-order valence-electron chi connectivity index (χ2n) is 6.23. The molecule has 0 unspecified atom stereocenters. The second kappa shape index (κ2) is 8.54. The zero-order valence-corrected chi connectivity index (χ0v) is 19.2. The van der Waals surface area contributed by atoms with Crippen LogP contribution in [-0.4, -0.2) is 13.4 Å². The average molecular weight is 511 g/mol. The molecule has 0 saturated heterocycles. The number of benzene rings is 3. The summed E-state index contributed by atoms with van der Waals surface area (Å²) in [5, 5.41) is 9.90. The Balaban J connectivity index is 1.62. The van der Waals surface area contributed by atoms with Gasteiger partial charge in [0.2, 0.25) is 0 Å². The van der Waals surface area contributed by atoms with Crippen molar-refractivity contribution in [1.82, 2.24) is 4.98 Å². The molecule has 0 fully saturated rings. The van der Waals surface area contributed by atoms with Gasteiger partial charge in [-0.3, -0.25) is 4.72 Å². The van der Waals surface area contributed by atoms with Gasteiger partial charge in [-0.05, 0) is 48.5 Å². The van der Waals surface area contributed by atoms with Crippen LogP contribution in [0.4, 0.5) is 5.69 Å². The van der Waals surface area contributed by atoms with Crippen molar-refractivity contribution in [3.05, 3.63) is 75.2 Å². The second-order valence-corrected chi connectivity index (χ2v) is 10.2. The Labute approximate surface area is 196 Å². The number of sulfonamides is 1. The fourth-order valence-electron chi connectivity index (χ4n) is 2.70. The number of anilines is 1. The molecule has 0 amide bonds. The number of halogens is 3. The summed E-state index contributed by atoms with van der Waals surface area (Å²) in [6, 6.07) is 15.7. The van der Waals surface area contributed by atoms with Crippen molar-refractivity contribution >= 4 is 72.1 Å². The van der Waals surface area contributed by atoms with Crippen LogP contribution in [0.2, 0.25) is 15.1 Å². The maximum atomic E-state index is 12.7. The highest BCUT2D eigenvalue weighted by molar-refractivity contribution is 7.92. The number of hydrogen-bond acceptors (Lipinski definition) is 6. The summed E-state index contributed by atoms with van der Waals surface area (Å²) in [6.45, 7) is 0. The minimum atomic E-state index is -3.99. The molecule has 0 spiro atoms. The van der Waals surface area contributed by atoms with Crippen LogP contribution in [0, 0.1) is 11.3 Å². The van der Waals surface area contributed by atoms with E-state index in [-0.39, 0.29) is 26.4 Å². The first kappa shape index (κ1) is 21.7. The Bertz CT molecular complexity index is 1460. The molecule has 4 aromatic rings. The Morgan fingerprint density at radius 3 is 2.55 bits per heavy atom. The third-order valence-corrected chi connectivity index (χ3v) is 7.24. The summed E-state index contributed by atoms with van der Waals surface area (Å²) >= 11 is 19.3. The summed E-state index contributed by atoms with van der Waals surface area (Å²) in [6.07, 6.45) is 0. The number of fused-ring (bicyclic) bond motifs is 1. The fraction of sp³-hybridized carbons (Fsp3) is 0. The van der Waals surface area contributed by atoms with Gasteiger partial charge in [-0.1, -0.05) is 46.1 Å². The lowest BCUT2D eigenvalue weighted by atomic mass is 10.2. The monoisotopic (exact) mass is 509 g/mol. The molecule has 1 aromatic heterocycles. The van der Waals surface area contributed by atoms with E-state index in [9.17, 15) is 8.42 Å². The lowest BCUT2D eigenvalue weighted by molar-refractivity contribution is 0.480. The molecule has 3 aromatic carbocycles. The van der Waals surface area contributed by atoms with Gasteiger partial charge in [0.1, 0.15) is 10.6 Å². The molecule has 0 radical (unpaired) electrons. The number of thiazole rings is 1. The molecule has 6 nitrogen and oxygen atoms in total. The van der Waals surface area contributed by atoms with Crippen molar-refractivity contribution in [2.75, 3.05) is 4.72 Å². The molecule has 11 heteroatoms. The van der Waals surface area contributed by atoms with Gasteiger partial charge in [-0.15, -0.1) is 0 Å². The minimum Gasteiger partial charge on any atom is -0.431 e. The van der Waals surface area contributed by atoms with Crippen molar-refractivity contribution in [1.29, 1.82) is 5.26 Å². The third kappa shape index (κ3) is 4.87. The van der Waals surface area contributed by atoms with Gasteiger partial charge in [-0.25, -0.2) is 13.4 Å². The number of nitriles is 1. The Morgan fingerprint density at radius 1 is 1.00 bits per heavy atom. The van der Waals surface area contributed by atoms with E-state index in [1.807, 2.05) is 0 Å². The molecular formula is C20H10Cl3N3O3S2. The Kier molecular flexibility index (Phi) is 5.97. The molecule has 0 atom stereocenters. The van der Waals surface area contributed by atoms with Crippen molar-refractivity contribution < 1.29 is 13.2 Å². The SMILES string of the molecule is N#Cc1ccc2sc(Oc3cc(Cl)cc(NS(=O)(=O)c4ccc(Cl)cc4Cl)c3)nc2c1. The van der Waals surface area contributed by atoms with Crippen LogP contribution < -0.4 is 9.46 Å². The molecule has 0 aliphatic rings. The van der Waals surface area contributed by atoms with Gasteiger partial charge in [0.05, 0.1) is 32.6 Å². The van der Waals surface area contributed by atoms with Gasteiger partial charge in [0.15, 0.2) is 0 Å². The molecule has 156 valence electrons. The van der Waals surface area contributed by atoms with Gasteiger partial charge in [-0.2, -0.15) is 5.26 Å². The number of hydrogen-bond donors (Lipinski definition) is 1. The van der Waals surface area contributed by atoms with E-state index in [4.69, 9.17) is 44.8 Å². The Hall–Kier alpha value is -2.54. The quantitative estimate of drug-likeness (QED) is 0.322. The van der Waals surface area contributed by atoms with E-state index in [0.717, 1.165) is 4.70 Å². The smallest absolute Gasteiger partial charge is 0.279 e. The van der Waals surface area contributed by atoms with E-state index in [1.54, 1.807) is 18.2 Å². The maximum absolute atomic E-state index is 12.7. The fourth-order valence-corrected chi connectivity index (χ4v) is 5.56. The standard InChI is InChI=1S/C20H10Cl3N3O3S2/c21-12-2-4-19(16(23)8-12)31(27,28)26-14-6-13(22)7-15(9-14)29-20-25-17-5-11(10-24)1-3-18(17)30-20/h1-9,26H. The van der Waals surface area contributed by atoms with Gasteiger partial charge < -0.3 is 4.74 Å². The maximum Gasteiger partial charge on any atom is 0.279 e. The summed E-state index contributed by atoms with van der Waals surface area (Å²) in [5.41, 5.74) is 1.30. The molecular weight excluding hydrogens is 501 g/mol. The summed E-state index contributed by atoms with van der Waals surface area (Å²) in [7, 11) is -3.99. The number of rotatable bonds is 5. The zero-order valence-electron chi connectivity index (χ0n) is 15.3. The van der Waals surface area contributed by atoms with Crippen LogP contribution >= 0.6 is 46.1 Å². The molecule has 31 heavy (non-hydrogen) atoms. The third-order valence-electron chi connectivity index (χ3n) is 4.01. The predicted molar refractivity (Wildman–Crippen MR) is 123 cm³/mol. The van der Waals surface area contributed by atoms with E-state index in [2.05, 4.69) is 15.8 Å². The van der Waals surface area contributed by atoms with Crippen molar-refractivity contribution in [2.24, 2.45) is 0 Å². The Morgan fingerprint density at radius 2 is 1.81 bits per heavy atom. The van der Waals surface area contributed by atoms with Gasteiger partial charge in [0.25, 0.3) is 15.2 Å². The predicted octanol–water partition coefficient (Wildman–Crippen LogP) is 6.72. The number of nitrogens with one attached hydrogen (secondary N) is 1. The number of aromatic nitrogens is 1. The van der Waals surface area contributed by atoms with Crippen molar-refractivity contribution in [2.45, 2.75) is 4.90 Å². The van der Waals surface area contributed by atoms with Gasteiger partial charge >= 0.3 is 0 Å². The van der Waals surface area contributed by atoms with E-state index in [1.165, 1.54) is 47.7 Å². The van der Waals surface area contributed by atoms with Crippen LogP contribution in [0.1, 0.15) is 5.56 Å². The molecule has 1 heterocycles. The summed E-state index contributed by atoms with van der Waals surface area (Å²) < 4.78 is 34.5. The van der Waals surface area contributed by atoms with Crippen molar-refractivity contribution in [3.63, 3.8) is 0 Å². The largest absolute Gasteiger partial charge is 0.431 e. The van der Waals surface area contributed by atoms with Gasteiger partial charge in [0, 0.05) is 16.1 Å². The van der Waals surface area contributed by atoms with E-state index < -0.39 is 10.0 Å². The highest BCUT2D eigenvalue weighted by atomic mass is 35.5. The topological polar surface area (TPSA) is 92.1 Å². The van der Waals surface area contributed by atoms with Crippen LogP contribution in [-0.2, 0) is 10.0 Å². The first-order valence-corrected chi connectivity index (χ1v) is 11.9. The average Bonchev–Trinajstić information content (AvgIpc) is 3.07. The molecule has 0 aliphatic heterocycles. The molecule has 0 aliphatic carbocycles. The highest BCUT2D eigenvalue weighted by Gasteiger charge is 2.19.